The summed E-state index contributed by atoms with van der Waals surface area (Å²) in [7, 11) is 0. The summed E-state index contributed by atoms with van der Waals surface area (Å²) in [4.78, 5) is 13.5. The molecule has 0 radical (unpaired) electrons. The second-order valence-corrected chi connectivity index (χ2v) is 7.11. The van der Waals surface area contributed by atoms with Crippen molar-refractivity contribution in [3.63, 3.8) is 0 Å². The number of likely N-dealkylation sites (tertiary alicyclic amines) is 1. The Morgan fingerprint density at radius 1 is 1.46 bits per heavy atom. The lowest BCUT2D eigenvalue weighted by Crippen LogP contribution is -2.37. The Bertz CT molecular complexity index is 677. The van der Waals surface area contributed by atoms with Crippen molar-refractivity contribution >= 4 is 29.1 Å². The zero-order chi connectivity index (χ0) is 16.9. The summed E-state index contributed by atoms with van der Waals surface area (Å²) in [5, 5.41) is 11.2. The quantitative estimate of drug-likeness (QED) is 0.672. The lowest BCUT2D eigenvalue weighted by atomic mass is 10.0. The standard InChI is InChI=1S/C17H21FN4OS/c1-12-4-2-3-7-22(12)10-14-8-15(18)6-5-13(14)9-19-21-17-20-16(23)11-24-17/h5-6,8-9,12H,2-4,7,10-11H2,1H3,(H,20,21,23). The first kappa shape index (κ1) is 17.1. The van der Waals surface area contributed by atoms with Crippen LogP contribution in [0.4, 0.5) is 4.39 Å². The molecule has 3 rings (SSSR count). The normalized spacial score (nSPS) is 24.0. The largest absolute Gasteiger partial charge is 0.303 e. The fraction of sp³-hybridized carbons (Fsp3) is 0.471. The van der Waals surface area contributed by atoms with Crippen LogP contribution < -0.4 is 5.32 Å². The van der Waals surface area contributed by atoms with Crippen LogP contribution in [-0.4, -0.2) is 40.5 Å². The van der Waals surface area contributed by atoms with Crippen LogP contribution in [0, 0.1) is 5.82 Å². The van der Waals surface area contributed by atoms with E-state index in [4.69, 9.17) is 0 Å². The number of rotatable bonds is 4. The molecule has 2 saturated heterocycles. The summed E-state index contributed by atoms with van der Waals surface area (Å²) in [6, 6.07) is 5.24. The summed E-state index contributed by atoms with van der Waals surface area (Å²) in [6.45, 7) is 3.97. The molecule has 1 amide bonds. The monoisotopic (exact) mass is 348 g/mol. The van der Waals surface area contributed by atoms with Crippen LogP contribution >= 0.6 is 11.8 Å². The minimum absolute atomic E-state index is 0.0597. The number of benzene rings is 1. The Hall–Kier alpha value is -1.73. The predicted molar refractivity (Wildman–Crippen MR) is 95.8 cm³/mol. The summed E-state index contributed by atoms with van der Waals surface area (Å²) in [6.07, 6.45) is 5.26. The van der Waals surface area contributed by atoms with Gasteiger partial charge in [-0.1, -0.05) is 24.2 Å². The summed E-state index contributed by atoms with van der Waals surface area (Å²) >= 11 is 1.33. The van der Waals surface area contributed by atoms with E-state index in [2.05, 4.69) is 27.3 Å². The number of amidine groups is 1. The number of nitrogens with zero attached hydrogens (tertiary/aromatic N) is 3. The van der Waals surface area contributed by atoms with Gasteiger partial charge in [-0.05, 0) is 49.6 Å². The molecule has 0 aliphatic carbocycles. The highest BCUT2D eigenvalue weighted by molar-refractivity contribution is 8.15. The van der Waals surface area contributed by atoms with Crippen molar-refractivity contribution in [1.29, 1.82) is 0 Å². The summed E-state index contributed by atoms with van der Waals surface area (Å²) in [5.41, 5.74) is 1.77. The highest BCUT2D eigenvalue weighted by atomic mass is 32.2. The van der Waals surface area contributed by atoms with E-state index in [1.165, 1.54) is 37.1 Å². The van der Waals surface area contributed by atoms with Gasteiger partial charge < -0.3 is 5.32 Å². The molecule has 7 heteroatoms. The van der Waals surface area contributed by atoms with Crippen molar-refractivity contribution in [2.45, 2.75) is 38.8 Å². The molecule has 0 saturated carbocycles. The zero-order valence-electron chi connectivity index (χ0n) is 13.7. The Balaban J connectivity index is 1.74. The van der Waals surface area contributed by atoms with Gasteiger partial charge in [0.25, 0.3) is 0 Å². The van der Waals surface area contributed by atoms with Crippen LogP contribution in [0.2, 0.25) is 0 Å². The maximum Gasteiger partial charge on any atom is 0.236 e. The molecule has 2 aliphatic rings. The smallest absolute Gasteiger partial charge is 0.236 e. The lowest BCUT2D eigenvalue weighted by Gasteiger charge is -2.33. The maximum absolute atomic E-state index is 13.7. The number of piperidine rings is 1. The number of thioether (sulfide) groups is 1. The number of carbonyl (C=O) groups excluding carboxylic acids is 1. The molecule has 0 bridgehead atoms. The molecule has 2 heterocycles. The Kier molecular flexibility index (Phi) is 5.63. The highest BCUT2D eigenvalue weighted by Gasteiger charge is 2.19. The number of carbonyl (C=O) groups is 1. The third kappa shape index (κ3) is 4.42. The van der Waals surface area contributed by atoms with Crippen molar-refractivity contribution in [2.24, 2.45) is 10.2 Å². The van der Waals surface area contributed by atoms with Gasteiger partial charge in [0.1, 0.15) is 5.82 Å². The van der Waals surface area contributed by atoms with Gasteiger partial charge in [0, 0.05) is 12.6 Å². The molecule has 1 atom stereocenters. The van der Waals surface area contributed by atoms with Gasteiger partial charge in [0.2, 0.25) is 5.91 Å². The molecule has 1 aromatic carbocycles. The molecule has 1 aromatic rings. The van der Waals surface area contributed by atoms with Crippen LogP contribution in [0.25, 0.3) is 0 Å². The van der Waals surface area contributed by atoms with E-state index >= 15 is 0 Å². The first-order valence-electron chi connectivity index (χ1n) is 8.18. The van der Waals surface area contributed by atoms with Crippen LogP contribution in [0.1, 0.15) is 37.3 Å². The minimum atomic E-state index is -0.239. The van der Waals surface area contributed by atoms with Crippen molar-refractivity contribution < 1.29 is 9.18 Å². The molecule has 0 aromatic heterocycles. The highest BCUT2D eigenvalue weighted by Crippen LogP contribution is 2.21. The average Bonchev–Trinajstić information content (AvgIpc) is 2.97. The van der Waals surface area contributed by atoms with E-state index in [0.29, 0.717) is 23.5 Å². The summed E-state index contributed by atoms with van der Waals surface area (Å²) in [5.74, 6) is 0.0791. The van der Waals surface area contributed by atoms with Crippen molar-refractivity contribution in [3.05, 3.63) is 35.1 Å². The summed E-state index contributed by atoms with van der Waals surface area (Å²) < 4.78 is 13.7. The molecule has 5 nitrogen and oxygen atoms in total. The Labute approximate surface area is 145 Å². The van der Waals surface area contributed by atoms with Gasteiger partial charge in [0.15, 0.2) is 5.17 Å². The number of amides is 1. The molecular formula is C17H21FN4OS. The fourth-order valence-corrected chi connectivity index (χ4v) is 3.60. The Morgan fingerprint density at radius 3 is 3.08 bits per heavy atom. The molecule has 24 heavy (non-hydrogen) atoms. The van der Waals surface area contributed by atoms with Crippen LogP contribution in [0.15, 0.2) is 28.4 Å². The first-order chi connectivity index (χ1) is 11.6. The topological polar surface area (TPSA) is 57.1 Å². The van der Waals surface area contributed by atoms with E-state index < -0.39 is 0 Å². The van der Waals surface area contributed by atoms with Crippen LogP contribution in [-0.2, 0) is 11.3 Å². The van der Waals surface area contributed by atoms with E-state index in [1.807, 2.05) is 0 Å². The average molecular weight is 348 g/mol. The molecule has 2 fully saturated rings. The van der Waals surface area contributed by atoms with Gasteiger partial charge in [0.05, 0.1) is 12.0 Å². The third-order valence-electron chi connectivity index (χ3n) is 4.35. The first-order valence-corrected chi connectivity index (χ1v) is 9.16. The molecule has 1 N–H and O–H groups in total. The molecular weight excluding hydrogens is 327 g/mol. The lowest BCUT2D eigenvalue weighted by molar-refractivity contribution is -0.116. The molecule has 0 spiro atoms. The number of hydrogen-bond acceptors (Lipinski definition) is 5. The number of nitrogens with one attached hydrogen (secondary N) is 1. The predicted octanol–water partition coefficient (Wildman–Crippen LogP) is 2.75. The van der Waals surface area contributed by atoms with Crippen molar-refractivity contribution in [2.75, 3.05) is 12.3 Å². The Morgan fingerprint density at radius 2 is 2.33 bits per heavy atom. The fourth-order valence-electron chi connectivity index (χ4n) is 2.97. The van der Waals surface area contributed by atoms with Gasteiger partial charge in [-0.15, -0.1) is 5.10 Å². The van der Waals surface area contributed by atoms with E-state index in [1.54, 1.807) is 18.3 Å². The second kappa shape index (κ2) is 7.90. The third-order valence-corrected chi connectivity index (χ3v) is 5.21. The van der Waals surface area contributed by atoms with Gasteiger partial charge in [-0.25, -0.2) is 4.39 Å². The van der Waals surface area contributed by atoms with Crippen LogP contribution in [0.3, 0.4) is 0 Å². The molecule has 2 aliphatic heterocycles. The van der Waals surface area contributed by atoms with Gasteiger partial charge in [-0.3, -0.25) is 9.69 Å². The van der Waals surface area contributed by atoms with E-state index in [0.717, 1.165) is 17.7 Å². The van der Waals surface area contributed by atoms with Crippen molar-refractivity contribution in [1.82, 2.24) is 10.2 Å². The molecule has 1 unspecified atom stereocenters. The second-order valence-electron chi connectivity index (χ2n) is 6.14. The van der Waals surface area contributed by atoms with Gasteiger partial charge in [-0.2, -0.15) is 5.10 Å². The van der Waals surface area contributed by atoms with E-state index in [9.17, 15) is 9.18 Å². The van der Waals surface area contributed by atoms with Crippen molar-refractivity contribution in [3.8, 4) is 0 Å². The minimum Gasteiger partial charge on any atom is -0.303 e. The van der Waals surface area contributed by atoms with E-state index in [-0.39, 0.29) is 11.7 Å². The number of hydrogen-bond donors (Lipinski definition) is 1. The molecule has 128 valence electrons. The zero-order valence-corrected chi connectivity index (χ0v) is 14.5. The van der Waals surface area contributed by atoms with Crippen LogP contribution in [0.5, 0.6) is 0 Å². The maximum atomic E-state index is 13.7. The SMILES string of the molecule is CC1CCCCN1Cc1cc(F)ccc1C=NN=C1NC(=O)CS1. The number of halogens is 1. The van der Waals surface area contributed by atoms with Gasteiger partial charge >= 0.3 is 0 Å².